The van der Waals surface area contributed by atoms with Crippen LogP contribution in [-0.4, -0.2) is 56.9 Å². The van der Waals surface area contributed by atoms with Crippen molar-refractivity contribution in [3.8, 4) is 0 Å². The maximum atomic E-state index is 12.2. The first kappa shape index (κ1) is 17.1. The Morgan fingerprint density at radius 1 is 1.36 bits per heavy atom. The molecule has 8 nitrogen and oxygen atoms in total. The molecule has 0 unspecified atom stereocenters. The van der Waals surface area contributed by atoms with Crippen molar-refractivity contribution in [3.05, 3.63) is 47.0 Å². The van der Waals surface area contributed by atoms with Crippen LogP contribution in [0.2, 0.25) is 0 Å². The molecule has 3 heterocycles. The Morgan fingerprint density at radius 3 is 2.88 bits per heavy atom. The third-order valence-corrected chi connectivity index (χ3v) is 4.25. The Morgan fingerprint density at radius 2 is 2.20 bits per heavy atom. The highest BCUT2D eigenvalue weighted by Gasteiger charge is 2.29. The van der Waals surface area contributed by atoms with Gasteiger partial charge in [-0.2, -0.15) is 5.10 Å². The smallest absolute Gasteiger partial charge is 0.356 e. The summed E-state index contributed by atoms with van der Waals surface area (Å²) >= 11 is 0. The molecule has 0 radical (unpaired) electrons. The molecule has 0 spiro atoms. The summed E-state index contributed by atoms with van der Waals surface area (Å²) in [5.74, 6) is -1.12. The molecule has 0 saturated carbocycles. The summed E-state index contributed by atoms with van der Waals surface area (Å²) in [5.41, 5.74) is 2.29. The molecule has 0 aromatic carbocycles. The van der Waals surface area contributed by atoms with Crippen molar-refractivity contribution < 1.29 is 19.4 Å². The lowest BCUT2D eigenvalue weighted by Gasteiger charge is -2.27. The van der Waals surface area contributed by atoms with E-state index >= 15 is 0 Å². The Balaban J connectivity index is 1.86. The number of methoxy groups -OCH3 is 1. The maximum absolute atomic E-state index is 12.2. The highest BCUT2D eigenvalue weighted by molar-refractivity contribution is 5.88. The van der Waals surface area contributed by atoms with E-state index in [1.54, 1.807) is 22.9 Å². The zero-order valence-corrected chi connectivity index (χ0v) is 14.0. The van der Waals surface area contributed by atoms with Crippen LogP contribution in [0.25, 0.3) is 0 Å². The summed E-state index contributed by atoms with van der Waals surface area (Å²) in [5, 5.41) is 13.7. The van der Waals surface area contributed by atoms with Gasteiger partial charge >= 0.3 is 5.97 Å². The van der Waals surface area contributed by atoms with Crippen molar-refractivity contribution in [2.45, 2.75) is 25.9 Å². The van der Waals surface area contributed by atoms with Gasteiger partial charge in [-0.3, -0.25) is 14.5 Å². The molecule has 1 amide bonds. The molecule has 0 aliphatic carbocycles. The standard InChI is InChI=1S/C17H20N4O4/c1-25-9-6-15(22)20-8-5-14-13(11-20)16(17(23)24)19-21(14)10-12-4-2-3-7-18-12/h2-4,7H,5-6,8-11H2,1H3,(H,23,24). The third kappa shape index (κ3) is 3.69. The van der Waals surface area contributed by atoms with E-state index in [0.29, 0.717) is 31.7 Å². The Hall–Kier alpha value is -2.74. The number of pyridine rings is 1. The van der Waals surface area contributed by atoms with E-state index in [2.05, 4.69) is 10.1 Å². The molecule has 1 aliphatic rings. The summed E-state index contributed by atoms with van der Waals surface area (Å²) in [4.78, 5) is 29.7. The van der Waals surface area contributed by atoms with Crippen LogP contribution in [0.4, 0.5) is 0 Å². The molecule has 8 heteroatoms. The lowest BCUT2D eigenvalue weighted by molar-refractivity contribution is -0.133. The molecule has 1 aliphatic heterocycles. The lowest BCUT2D eigenvalue weighted by Crippen LogP contribution is -2.37. The number of hydrogen-bond acceptors (Lipinski definition) is 5. The average molecular weight is 344 g/mol. The Labute approximate surface area is 145 Å². The number of carbonyl (C=O) groups is 2. The average Bonchev–Trinajstić information content (AvgIpc) is 2.98. The fourth-order valence-electron chi connectivity index (χ4n) is 3.00. The molecule has 2 aromatic heterocycles. The summed E-state index contributed by atoms with van der Waals surface area (Å²) < 4.78 is 6.63. The Bertz CT molecular complexity index is 772. The molecule has 132 valence electrons. The van der Waals surface area contributed by atoms with E-state index in [4.69, 9.17) is 4.74 Å². The van der Waals surface area contributed by atoms with E-state index in [1.807, 2.05) is 18.2 Å². The molecular formula is C17H20N4O4. The number of nitrogens with zero attached hydrogens (tertiary/aromatic N) is 4. The normalized spacial score (nSPS) is 13.6. The molecule has 0 atom stereocenters. The van der Waals surface area contributed by atoms with Crippen molar-refractivity contribution >= 4 is 11.9 Å². The summed E-state index contributed by atoms with van der Waals surface area (Å²) in [7, 11) is 1.55. The molecule has 3 rings (SSSR count). The van der Waals surface area contributed by atoms with Gasteiger partial charge in [0.25, 0.3) is 0 Å². The van der Waals surface area contributed by atoms with Crippen molar-refractivity contribution in [2.24, 2.45) is 0 Å². The van der Waals surface area contributed by atoms with Gasteiger partial charge in [-0.25, -0.2) is 4.79 Å². The third-order valence-electron chi connectivity index (χ3n) is 4.25. The number of aromatic carboxylic acids is 1. The van der Waals surface area contributed by atoms with Crippen LogP contribution in [0.1, 0.15) is 33.9 Å². The van der Waals surface area contributed by atoms with Gasteiger partial charge in [0.1, 0.15) is 0 Å². The lowest BCUT2D eigenvalue weighted by atomic mass is 10.0. The van der Waals surface area contributed by atoms with Gasteiger partial charge < -0.3 is 14.7 Å². The van der Waals surface area contributed by atoms with E-state index in [9.17, 15) is 14.7 Å². The first-order valence-corrected chi connectivity index (χ1v) is 8.08. The summed E-state index contributed by atoms with van der Waals surface area (Å²) in [6.45, 7) is 1.57. The number of hydrogen-bond donors (Lipinski definition) is 1. The van der Waals surface area contributed by atoms with Gasteiger partial charge in [0.05, 0.1) is 25.3 Å². The monoisotopic (exact) mass is 344 g/mol. The van der Waals surface area contributed by atoms with E-state index < -0.39 is 5.97 Å². The number of carboxylic acid groups (broad SMARTS) is 1. The highest BCUT2D eigenvalue weighted by Crippen LogP contribution is 2.24. The van der Waals surface area contributed by atoms with Crippen molar-refractivity contribution in [2.75, 3.05) is 20.3 Å². The zero-order valence-electron chi connectivity index (χ0n) is 14.0. The fraction of sp³-hybridized carbons (Fsp3) is 0.412. The van der Waals surface area contributed by atoms with Crippen LogP contribution in [0.15, 0.2) is 24.4 Å². The number of rotatable bonds is 6. The minimum Gasteiger partial charge on any atom is -0.476 e. The van der Waals surface area contributed by atoms with Crippen LogP contribution < -0.4 is 0 Å². The van der Waals surface area contributed by atoms with Crippen LogP contribution >= 0.6 is 0 Å². The van der Waals surface area contributed by atoms with Gasteiger partial charge in [0.15, 0.2) is 5.69 Å². The van der Waals surface area contributed by atoms with Crippen LogP contribution in [-0.2, 0) is 29.0 Å². The number of ether oxygens (including phenoxy) is 1. The van der Waals surface area contributed by atoms with Gasteiger partial charge in [-0.1, -0.05) is 6.07 Å². The number of fused-ring (bicyclic) bond motifs is 1. The maximum Gasteiger partial charge on any atom is 0.356 e. The molecule has 2 aromatic rings. The molecule has 0 bridgehead atoms. The van der Waals surface area contributed by atoms with E-state index in [-0.39, 0.29) is 24.6 Å². The van der Waals surface area contributed by atoms with Crippen LogP contribution in [0, 0.1) is 0 Å². The topological polar surface area (TPSA) is 97.5 Å². The second-order valence-corrected chi connectivity index (χ2v) is 5.87. The largest absolute Gasteiger partial charge is 0.476 e. The molecule has 0 fully saturated rings. The second kappa shape index (κ2) is 7.43. The van der Waals surface area contributed by atoms with Gasteiger partial charge in [-0.15, -0.1) is 0 Å². The summed E-state index contributed by atoms with van der Waals surface area (Å²) in [6, 6.07) is 5.58. The predicted molar refractivity (Wildman–Crippen MR) is 88.1 cm³/mol. The van der Waals surface area contributed by atoms with Crippen molar-refractivity contribution in [1.82, 2.24) is 19.7 Å². The quantitative estimate of drug-likeness (QED) is 0.838. The van der Waals surface area contributed by atoms with Crippen LogP contribution in [0.3, 0.4) is 0 Å². The minimum atomic E-state index is -1.08. The fourth-order valence-corrected chi connectivity index (χ4v) is 3.00. The van der Waals surface area contributed by atoms with Crippen molar-refractivity contribution in [3.63, 3.8) is 0 Å². The van der Waals surface area contributed by atoms with Gasteiger partial charge in [0, 0.05) is 44.1 Å². The first-order valence-electron chi connectivity index (χ1n) is 8.08. The SMILES string of the molecule is COCCC(=O)N1CCc2c(c(C(=O)O)nn2Cc2ccccn2)C1. The molecular weight excluding hydrogens is 324 g/mol. The zero-order chi connectivity index (χ0) is 17.8. The highest BCUT2D eigenvalue weighted by atomic mass is 16.5. The number of aromatic nitrogens is 3. The second-order valence-electron chi connectivity index (χ2n) is 5.87. The number of amides is 1. The predicted octanol–water partition coefficient (Wildman–Crippen LogP) is 0.946. The summed E-state index contributed by atoms with van der Waals surface area (Å²) in [6.07, 6.45) is 2.55. The van der Waals surface area contributed by atoms with E-state index in [0.717, 1.165) is 11.4 Å². The van der Waals surface area contributed by atoms with Gasteiger partial charge in [0.2, 0.25) is 5.91 Å². The van der Waals surface area contributed by atoms with Gasteiger partial charge in [-0.05, 0) is 12.1 Å². The van der Waals surface area contributed by atoms with Crippen LogP contribution in [0.5, 0.6) is 0 Å². The van der Waals surface area contributed by atoms with Crippen molar-refractivity contribution in [1.29, 1.82) is 0 Å². The number of carboxylic acids is 1. The number of carbonyl (C=O) groups excluding carboxylic acids is 1. The Kier molecular flexibility index (Phi) is 5.08. The molecule has 25 heavy (non-hydrogen) atoms. The minimum absolute atomic E-state index is 0.00942. The molecule has 0 saturated heterocycles. The molecule has 1 N–H and O–H groups in total. The first-order chi connectivity index (χ1) is 12.1. The van der Waals surface area contributed by atoms with E-state index in [1.165, 1.54) is 0 Å².